The van der Waals surface area contributed by atoms with Gasteiger partial charge in [0.05, 0.1) is 16.8 Å². The lowest BCUT2D eigenvalue weighted by Gasteiger charge is -2.32. The molecule has 1 aliphatic rings. The van der Waals surface area contributed by atoms with Gasteiger partial charge in [0.1, 0.15) is 6.07 Å². The molecule has 1 fully saturated rings. The Kier molecular flexibility index (Phi) is 5.38. The first kappa shape index (κ1) is 18.0. The van der Waals surface area contributed by atoms with E-state index in [9.17, 15) is 5.26 Å². The van der Waals surface area contributed by atoms with E-state index >= 15 is 0 Å². The molecule has 27 heavy (non-hydrogen) atoms. The molecule has 1 N–H and O–H groups in total. The van der Waals surface area contributed by atoms with Gasteiger partial charge < -0.3 is 5.32 Å². The van der Waals surface area contributed by atoms with Crippen LogP contribution in [0.5, 0.6) is 0 Å². The highest BCUT2D eigenvalue weighted by Crippen LogP contribution is 2.28. The summed E-state index contributed by atoms with van der Waals surface area (Å²) in [6, 6.07) is 12.8. The molecule has 5 heteroatoms. The largest absolute Gasteiger partial charge is 0.383 e. The van der Waals surface area contributed by atoms with Crippen LogP contribution in [0.1, 0.15) is 28.8 Å². The van der Waals surface area contributed by atoms with Crippen LogP contribution in [0.3, 0.4) is 0 Å². The molecule has 0 aliphatic carbocycles. The zero-order valence-corrected chi connectivity index (χ0v) is 16.4. The van der Waals surface area contributed by atoms with E-state index in [2.05, 4.69) is 57.8 Å². The van der Waals surface area contributed by atoms with Gasteiger partial charge in [0.2, 0.25) is 0 Å². The van der Waals surface area contributed by atoms with Gasteiger partial charge in [-0.15, -0.1) is 11.3 Å². The third-order valence-electron chi connectivity index (χ3n) is 5.35. The number of aromatic nitrogens is 1. The zero-order chi connectivity index (χ0) is 18.6. The molecule has 0 bridgehead atoms. The Morgan fingerprint density at radius 3 is 3.07 bits per heavy atom. The summed E-state index contributed by atoms with van der Waals surface area (Å²) in [5.41, 5.74) is 3.67. The van der Waals surface area contributed by atoms with Crippen molar-refractivity contribution in [2.45, 2.75) is 26.3 Å². The molecule has 0 spiro atoms. The molecular formula is C22H24N4S. The van der Waals surface area contributed by atoms with Crippen LogP contribution in [0.15, 0.2) is 41.9 Å². The Balaban J connectivity index is 1.48. The van der Waals surface area contributed by atoms with E-state index in [-0.39, 0.29) is 0 Å². The number of para-hydroxylation sites is 1. The second kappa shape index (κ2) is 8.08. The number of fused-ring (bicyclic) bond motifs is 1. The number of rotatable bonds is 5. The zero-order valence-electron chi connectivity index (χ0n) is 15.6. The number of thiophene rings is 1. The number of pyridine rings is 1. The van der Waals surface area contributed by atoms with Gasteiger partial charge in [0, 0.05) is 36.1 Å². The van der Waals surface area contributed by atoms with Crippen molar-refractivity contribution in [1.29, 1.82) is 5.26 Å². The van der Waals surface area contributed by atoms with Gasteiger partial charge in [0.15, 0.2) is 0 Å². The first-order valence-electron chi connectivity index (χ1n) is 9.51. The SMILES string of the molecule is Cc1cccc2c(NCC3CCCN(Cc4cccs4)C3)c(C#N)cnc12. The summed E-state index contributed by atoms with van der Waals surface area (Å²) in [5.74, 6) is 0.596. The summed E-state index contributed by atoms with van der Waals surface area (Å²) in [6.45, 7) is 6.29. The fourth-order valence-electron chi connectivity index (χ4n) is 3.98. The van der Waals surface area contributed by atoms with E-state index < -0.39 is 0 Å². The number of benzene rings is 1. The number of aryl methyl sites for hydroxylation is 1. The molecule has 0 radical (unpaired) electrons. The van der Waals surface area contributed by atoms with Crippen molar-refractivity contribution >= 4 is 27.9 Å². The number of hydrogen-bond acceptors (Lipinski definition) is 5. The van der Waals surface area contributed by atoms with Gasteiger partial charge >= 0.3 is 0 Å². The van der Waals surface area contributed by atoms with Gasteiger partial charge in [-0.3, -0.25) is 9.88 Å². The van der Waals surface area contributed by atoms with Crippen LogP contribution in [0.4, 0.5) is 5.69 Å². The molecule has 4 rings (SSSR count). The van der Waals surface area contributed by atoms with Crippen LogP contribution in [-0.2, 0) is 6.54 Å². The summed E-state index contributed by atoms with van der Waals surface area (Å²) in [7, 11) is 0. The monoisotopic (exact) mass is 376 g/mol. The minimum atomic E-state index is 0.596. The maximum atomic E-state index is 9.53. The molecular weight excluding hydrogens is 352 g/mol. The van der Waals surface area contributed by atoms with Crippen molar-refractivity contribution < 1.29 is 0 Å². The molecule has 4 nitrogen and oxygen atoms in total. The first-order valence-corrected chi connectivity index (χ1v) is 10.4. The van der Waals surface area contributed by atoms with Gasteiger partial charge in [-0.25, -0.2) is 0 Å². The second-order valence-electron chi connectivity index (χ2n) is 7.33. The van der Waals surface area contributed by atoms with Crippen LogP contribution < -0.4 is 5.32 Å². The predicted octanol–water partition coefficient (Wildman–Crippen LogP) is 4.80. The van der Waals surface area contributed by atoms with E-state index in [1.54, 1.807) is 6.20 Å². The molecule has 1 aromatic carbocycles. The van der Waals surface area contributed by atoms with Crippen molar-refractivity contribution in [3.8, 4) is 6.07 Å². The molecule has 3 heterocycles. The highest BCUT2D eigenvalue weighted by Gasteiger charge is 2.21. The topological polar surface area (TPSA) is 52.0 Å². The maximum Gasteiger partial charge on any atom is 0.103 e. The highest BCUT2D eigenvalue weighted by atomic mass is 32.1. The lowest BCUT2D eigenvalue weighted by atomic mass is 9.97. The number of nitrogens with zero attached hydrogens (tertiary/aromatic N) is 3. The average molecular weight is 377 g/mol. The summed E-state index contributed by atoms with van der Waals surface area (Å²) in [5, 5.41) is 16.3. The van der Waals surface area contributed by atoms with Crippen LogP contribution >= 0.6 is 11.3 Å². The van der Waals surface area contributed by atoms with Crippen molar-refractivity contribution in [2.75, 3.05) is 25.0 Å². The fourth-order valence-corrected chi connectivity index (χ4v) is 4.72. The number of hydrogen-bond donors (Lipinski definition) is 1. The highest BCUT2D eigenvalue weighted by molar-refractivity contribution is 7.09. The number of nitriles is 1. The lowest BCUT2D eigenvalue weighted by molar-refractivity contribution is 0.174. The third-order valence-corrected chi connectivity index (χ3v) is 6.21. The summed E-state index contributed by atoms with van der Waals surface area (Å²) >= 11 is 1.84. The van der Waals surface area contributed by atoms with Gasteiger partial charge in [0.25, 0.3) is 0 Å². The Labute approximate surface area is 164 Å². The third kappa shape index (κ3) is 3.97. The molecule has 1 aliphatic heterocycles. The smallest absolute Gasteiger partial charge is 0.103 e. The number of anilines is 1. The first-order chi connectivity index (χ1) is 13.2. The Hall–Kier alpha value is -2.42. The molecule has 3 aromatic rings. The predicted molar refractivity (Wildman–Crippen MR) is 112 cm³/mol. The van der Waals surface area contributed by atoms with E-state index in [4.69, 9.17) is 0 Å². The molecule has 1 saturated heterocycles. The maximum absolute atomic E-state index is 9.53. The molecule has 0 amide bonds. The summed E-state index contributed by atoms with van der Waals surface area (Å²) < 4.78 is 0. The summed E-state index contributed by atoms with van der Waals surface area (Å²) in [4.78, 5) is 8.48. The number of likely N-dealkylation sites (tertiary alicyclic amines) is 1. The van der Waals surface area contributed by atoms with Gasteiger partial charge in [-0.05, 0) is 49.2 Å². The minimum Gasteiger partial charge on any atom is -0.383 e. The quantitative estimate of drug-likeness (QED) is 0.695. The molecule has 0 saturated carbocycles. The Morgan fingerprint density at radius 2 is 2.26 bits per heavy atom. The molecule has 1 atom stereocenters. The fraction of sp³-hybridized carbons (Fsp3) is 0.364. The van der Waals surface area contributed by atoms with E-state index in [1.807, 2.05) is 17.4 Å². The standard InChI is InChI=1S/C22H24N4S/c1-16-5-2-8-20-21(16)25-13-18(11-23)22(20)24-12-17-6-3-9-26(14-17)15-19-7-4-10-27-19/h2,4-5,7-8,10,13,17H,3,6,9,12,14-15H2,1H3,(H,24,25). The normalized spacial score (nSPS) is 17.7. The van der Waals surface area contributed by atoms with Crippen molar-refractivity contribution in [1.82, 2.24) is 9.88 Å². The van der Waals surface area contributed by atoms with Crippen molar-refractivity contribution in [2.24, 2.45) is 5.92 Å². The van der Waals surface area contributed by atoms with E-state index in [0.29, 0.717) is 11.5 Å². The van der Waals surface area contributed by atoms with Gasteiger partial charge in [-0.2, -0.15) is 5.26 Å². The van der Waals surface area contributed by atoms with Gasteiger partial charge in [-0.1, -0.05) is 24.3 Å². The Morgan fingerprint density at radius 1 is 1.33 bits per heavy atom. The number of nitrogens with one attached hydrogen (secondary N) is 1. The van der Waals surface area contributed by atoms with Crippen molar-refractivity contribution in [3.05, 3.63) is 57.9 Å². The summed E-state index contributed by atoms with van der Waals surface area (Å²) in [6.07, 6.45) is 4.17. The lowest BCUT2D eigenvalue weighted by Crippen LogP contribution is -2.37. The van der Waals surface area contributed by atoms with Crippen LogP contribution in [0.2, 0.25) is 0 Å². The van der Waals surface area contributed by atoms with Crippen molar-refractivity contribution in [3.63, 3.8) is 0 Å². The second-order valence-corrected chi connectivity index (χ2v) is 8.37. The van der Waals surface area contributed by atoms with E-state index in [1.165, 1.54) is 24.3 Å². The van der Waals surface area contributed by atoms with E-state index in [0.717, 1.165) is 41.8 Å². The average Bonchev–Trinajstić information content (AvgIpc) is 3.19. The Bertz CT molecular complexity index is 958. The minimum absolute atomic E-state index is 0.596. The van der Waals surface area contributed by atoms with Crippen LogP contribution in [0, 0.1) is 24.2 Å². The molecule has 2 aromatic heterocycles. The van der Waals surface area contributed by atoms with Crippen LogP contribution in [0.25, 0.3) is 10.9 Å². The van der Waals surface area contributed by atoms with Crippen LogP contribution in [-0.4, -0.2) is 29.5 Å². The molecule has 138 valence electrons. The number of piperidine rings is 1. The molecule has 1 unspecified atom stereocenters.